The molecule has 2 N–H and O–H groups in total. The van der Waals surface area contributed by atoms with E-state index in [0.29, 0.717) is 25.4 Å². The lowest BCUT2D eigenvalue weighted by molar-refractivity contribution is -0.149. The van der Waals surface area contributed by atoms with Gasteiger partial charge in [-0.2, -0.15) is 0 Å². The molecular formula is C20H30N4O4. The summed E-state index contributed by atoms with van der Waals surface area (Å²) in [6, 6.07) is 7.45. The van der Waals surface area contributed by atoms with Gasteiger partial charge in [0.25, 0.3) is 0 Å². The summed E-state index contributed by atoms with van der Waals surface area (Å²) in [6.45, 7) is 7.00. The van der Waals surface area contributed by atoms with Crippen LogP contribution in [-0.4, -0.2) is 56.3 Å². The number of carbonyl (C=O) groups is 2. The van der Waals surface area contributed by atoms with Gasteiger partial charge in [0.2, 0.25) is 0 Å². The van der Waals surface area contributed by atoms with Crippen LogP contribution >= 0.6 is 0 Å². The van der Waals surface area contributed by atoms with Crippen LogP contribution in [0.1, 0.15) is 32.3 Å². The molecule has 0 spiro atoms. The van der Waals surface area contributed by atoms with Crippen molar-refractivity contribution in [3.63, 3.8) is 0 Å². The molecule has 1 aromatic rings. The summed E-state index contributed by atoms with van der Waals surface area (Å²) >= 11 is 0. The number of nitrogens with one attached hydrogen (secondary N) is 2. The minimum Gasteiger partial charge on any atom is -0.466 e. The molecule has 2 rings (SSSR count). The number of ether oxygens (including phenoxy) is 2. The third-order valence-corrected chi connectivity index (χ3v) is 4.47. The van der Waals surface area contributed by atoms with E-state index >= 15 is 0 Å². The second-order valence-electron chi connectivity index (χ2n) is 6.52. The Labute approximate surface area is 166 Å². The van der Waals surface area contributed by atoms with Gasteiger partial charge in [0, 0.05) is 25.3 Å². The maximum absolute atomic E-state index is 12.1. The number of piperidine rings is 1. The Hall–Kier alpha value is -2.77. The largest absolute Gasteiger partial charge is 0.466 e. The van der Waals surface area contributed by atoms with Crippen molar-refractivity contribution in [3.05, 3.63) is 29.8 Å². The first-order chi connectivity index (χ1) is 13.6. The normalized spacial score (nSPS) is 17.0. The van der Waals surface area contributed by atoms with Crippen LogP contribution in [0.2, 0.25) is 0 Å². The zero-order valence-corrected chi connectivity index (χ0v) is 16.9. The molecule has 1 saturated heterocycles. The standard InChI is InChI=1S/C20H30N4O4/c1-4-21-19(24-12-6-7-16(14-24)18(25)28-5-2)22-13-15-8-10-17(11-9-15)23-20(26)27-3/h8-11,16H,4-7,12-14H2,1-3H3,(H,21,22)(H,23,26). The molecule has 1 heterocycles. The molecule has 1 amide bonds. The summed E-state index contributed by atoms with van der Waals surface area (Å²) in [4.78, 5) is 30.2. The highest BCUT2D eigenvalue weighted by molar-refractivity contribution is 5.84. The van der Waals surface area contributed by atoms with E-state index in [2.05, 4.69) is 20.3 Å². The number of benzene rings is 1. The van der Waals surface area contributed by atoms with Gasteiger partial charge < -0.3 is 19.7 Å². The SMILES string of the molecule is CCNC(=NCc1ccc(NC(=O)OC)cc1)N1CCCC(C(=O)OCC)C1. The number of nitrogens with zero attached hydrogens (tertiary/aromatic N) is 2. The number of amides is 1. The molecule has 1 unspecified atom stereocenters. The van der Waals surface area contributed by atoms with E-state index < -0.39 is 6.09 Å². The third kappa shape index (κ3) is 6.44. The average Bonchev–Trinajstić information content (AvgIpc) is 2.72. The number of guanidine groups is 1. The number of carbonyl (C=O) groups excluding carboxylic acids is 2. The van der Waals surface area contributed by atoms with Crippen molar-refractivity contribution in [1.82, 2.24) is 10.2 Å². The molecule has 1 aliphatic rings. The highest BCUT2D eigenvalue weighted by Gasteiger charge is 2.28. The van der Waals surface area contributed by atoms with E-state index in [-0.39, 0.29) is 11.9 Å². The van der Waals surface area contributed by atoms with Crippen LogP contribution in [0.5, 0.6) is 0 Å². The first kappa shape index (κ1) is 21.5. The number of methoxy groups -OCH3 is 1. The number of hydrogen-bond acceptors (Lipinski definition) is 5. The van der Waals surface area contributed by atoms with Crippen molar-refractivity contribution in [3.8, 4) is 0 Å². The van der Waals surface area contributed by atoms with Crippen LogP contribution < -0.4 is 10.6 Å². The summed E-state index contributed by atoms with van der Waals surface area (Å²) in [5, 5.41) is 5.93. The smallest absolute Gasteiger partial charge is 0.411 e. The molecule has 8 nitrogen and oxygen atoms in total. The molecule has 0 bridgehead atoms. The van der Waals surface area contributed by atoms with Gasteiger partial charge in [-0.3, -0.25) is 10.1 Å². The number of rotatable bonds is 6. The fraction of sp³-hybridized carbons (Fsp3) is 0.550. The molecule has 0 aliphatic carbocycles. The Morgan fingerprint density at radius 2 is 2.00 bits per heavy atom. The fourth-order valence-corrected chi connectivity index (χ4v) is 3.08. The maximum atomic E-state index is 12.1. The summed E-state index contributed by atoms with van der Waals surface area (Å²) < 4.78 is 9.76. The molecule has 1 fully saturated rings. The van der Waals surface area contributed by atoms with Crippen molar-refractivity contribution in [2.45, 2.75) is 33.2 Å². The summed E-state index contributed by atoms with van der Waals surface area (Å²) in [6.07, 6.45) is 1.28. The van der Waals surface area contributed by atoms with Gasteiger partial charge >= 0.3 is 12.1 Å². The lowest BCUT2D eigenvalue weighted by Crippen LogP contribution is -2.48. The second-order valence-corrected chi connectivity index (χ2v) is 6.52. The minimum atomic E-state index is -0.499. The third-order valence-electron chi connectivity index (χ3n) is 4.47. The topological polar surface area (TPSA) is 92.3 Å². The number of hydrogen-bond donors (Lipinski definition) is 2. The Morgan fingerprint density at radius 1 is 1.25 bits per heavy atom. The van der Waals surface area contributed by atoms with E-state index in [1.54, 1.807) is 0 Å². The van der Waals surface area contributed by atoms with Crippen LogP contribution in [0.15, 0.2) is 29.3 Å². The van der Waals surface area contributed by atoms with Gasteiger partial charge in [0.15, 0.2) is 5.96 Å². The van der Waals surface area contributed by atoms with E-state index in [4.69, 9.17) is 9.73 Å². The Morgan fingerprint density at radius 3 is 2.64 bits per heavy atom. The number of likely N-dealkylation sites (tertiary alicyclic amines) is 1. The predicted octanol–water partition coefficient (Wildman–Crippen LogP) is 2.61. The predicted molar refractivity (Wildman–Crippen MR) is 108 cm³/mol. The lowest BCUT2D eigenvalue weighted by Gasteiger charge is -2.34. The first-order valence-corrected chi connectivity index (χ1v) is 9.71. The van der Waals surface area contributed by atoms with Gasteiger partial charge in [-0.05, 0) is 44.4 Å². The van der Waals surface area contributed by atoms with E-state index in [0.717, 1.165) is 37.5 Å². The van der Waals surface area contributed by atoms with Gasteiger partial charge in [0.1, 0.15) is 0 Å². The van der Waals surface area contributed by atoms with Crippen LogP contribution in [0.4, 0.5) is 10.5 Å². The van der Waals surface area contributed by atoms with Crippen molar-refractivity contribution < 1.29 is 19.1 Å². The number of anilines is 1. The zero-order chi connectivity index (χ0) is 20.4. The fourth-order valence-electron chi connectivity index (χ4n) is 3.08. The van der Waals surface area contributed by atoms with Crippen molar-refractivity contribution in [1.29, 1.82) is 0 Å². The molecule has 0 saturated carbocycles. The molecular weight excluding hydrogens is 360 g/mol. The molecule has 1 atom stereocenters. The molecule has 1 aromatic carbocycles. The highest BCUT2D eigenvalue weighted by atomic mass is 16.5. The van der Waals surface area contributed by atoms with Crippen molar-refractivity contribution in [2.75, 3.05) is 38.7 Å². The van der Waals surface area contributed by atoms with Gasteiger partial charge in [0.05, 0.1) is 26.2 Å². The highest BCUT2D eigenvalue weighted by Crippen LogP contribution is 2.18. The van der Waals surface area contributed by atoms with Gasteiger partial charge in [-0.15, -0.1) is 0 Å². The average molecular weight is 390 g/mol. The molecule has 1 aliphatic heterocycles. The molecule has 0 aromatic heterocycles. The summed E-state index contributed by atoms with van der Waals surface area (Å²) in [5.41, 5.74) is 1.68. The summed E-state index contributed by atoms with van der Waals surface area (Å²) in [7, 11) is 1.33. The van der Waals surface area contributed by atoms with Crippen LogP contribution in [0.25, 0.3) is 0 Å². The molecule has 28 heavy (non-hydrogen) atoms. The summed E-state index contributed by atoms with van der Waals surface area (Å²) in [5.74, 6) is 0.561. The maximum Gasteiger partial charge on any atom is 0.411 e. The number of esters is 1. The van der Waals surface area contributed by atoms with Crippen molar-refractivity contribution >= 4 is 23.7 Å². The van der Waals surface area contributed by atoms with E-state index in [9.17, 15) is 9.59 Å². The Kier molecular flexibility index (Phi) is 8.58. The second kappa shape index (κ2) is 11.2. The van der Waals surface area contributed by atoms with E-state index in [1.807, 2.05) is 38.1 Å². The monoisotopic (exact) mass is 390 g/mol. The van der Waals surface area contributed by atoms with Crippen LogP contribution in [-0.2, 0) is 20.8 Å². The first-order valence-electron chi connectivity index (χ1n) is 9.71. The van der Waals surface area contributed by atoms with Crippen LogP contribution in [0, 0.1) is 5.92 Å². The van der Waals surface area contributed by atoms with E-state index in [1.165, 1.54) is 7.11 Å². The Bertz CT molecular complexity index is 675. The van der Waals surface area contributed by atoms with Gasteiger partial charge in [-0.1, -0.05) is 12.1 Å². The lowest BCUT2D eigenvalue weighted by atomic mass is 9.98. The van der Waals surface area contributed by atoms with Crippen LogP contribution in [0.3, 0.4) is 0 Å². The quantitative estimate of drug-likeness (QED) is 0.441. The van der Waals surface area contributed by atoms with Gasteiger partial charge in [-0.25, -0.2) is 9.79 Å². The molecule has 8 heteroatoms. The zero-order valence-electron chi connectivity index (χ0n) is 16.9. The molecule has 154 valence electrons. The van der Waals surface area contributed by atoms with Crippen molar-refractivity contribution in [2.24, 2.45) is 10.9 Å². The Balaban J connectivity index is 2.01. The minimum absolute atomic E-state index is 0.110. The number of aliphatic imine (C=N–C) groups is 1. The molecule has 0 radical (unpaired) electrons.